The van der Waals surface area contributed by atoms with Crippen molar-refractivity contribution in [1.29, 1.82) is 0 Å². The first-order chi connectivity index (χ1) is 7.02. The van der Waals surface area contributed by atoms with E-state index in [9.17, 15) is 8.42 Å². The van der Waals surface area contributed by atoms with Crippen molar-refractivity contribution in [3.8, 4) is 0 Å². The molecule has 3 N–H and O–H groups in total. The highest BCUT2D eigenvalue weighted by atomic mass is 32.2. The van der Waals surface area contributed by atoms with E-state index in [4.69, 9.17) is 10.8 Å². The van der Waals surface area contributed by atoms with E-state index < -0.39 is 15.3 Å². The van der Waals surface area contributed by atoms with Gasteiger partial charge in [0.15, 0.2) is 0 Å². The summed E-state index contributed by atoms with van der Waals surface area (Å²) in [6.45, 7) is 2.82. The molecule has 2 atom stereocenters. The Morgan fingerprint density at radius 1 is 1.60 bits per heavy atom. The number of nitrogens with zero attached hydrogens (tertiary/aromatic N) is 1. The van der Waals surface area contributed by atoms with E-state index in [2.05, 4.69) is 0 Å². The molecule has 0 amide bonds. The molecule has 1 heterocycles. The zero-order chi connectivity index (χ0) is 11.5. The molecule has 1 rings (SSSR count). The summed E-state index contributed by atoms with van der Waals surface area (Å²) in [7, 11) is -3.26. The summed E-state index contributed by atoms with van der Waals surface area (Å²) in [6.07, 6.45) is 1.72. The lowest BCUT2D eigenvalue weighted by molar-refractivity contribution is 0.165. The van der Waals surface area contributed by atoms with Gasteiger partial charge in [0.2, 0.25) is 10.0 Å². The lowest BCUT2D eigenvalue weighted by Gasteiger charge is -2.32. The number of nitrogens with two attached hydrogens (primary N) is 1. The predicted molar refractivity (Wildman–Crippen MR) is 58.8 cm³/mol. The van der Waals surface area contributed by atoms with Gasteiger partial charge in [0.25, 0.3) is 0 Å². The Balaban J connectivity index is 2.70. The van der Waals surface area contributed by atoms with Gasteiger partial charge in [-0.15, -0.1) is 0 Å². The molecule has 0 aromatic heterocycles. The lowest BCUT2D eigenvalue weighted by Crippen LogP contribution is -2.46. The monoisotopic (exact) mass is 236 g/mol. The quantitative estimate of drug-likeness (QED) is 0.680. The van der Waals surface area contributed by atoms with E-state index in [1.165, 1.54) is 4.31 Å². The molecule has 1 fully saturated rings. The third-order valence-corrected chi connectivity index (χ3v) is 5.20. The zero-order valence-electron chi connectivity index (χ0n) is 9.09. The number of sulfonamides is 1. The Morgan fingerprint density at radius 3 is 2.80 bits per heavy atom. The Hall–Kier alpha value is -0.170. The smallest absolute Gasteiger partial charge is 0.217 e. The molecule has 1 saturated heterocycles. The first-order valence-electron chi connectivity index (χ1n) is 5.32. The van der Waals surface area contributed by atoms with Crippen LogP contribution in [0.2, 0.25) is 0 Å². The molecule has 0 aromatic rings. The Kier molecular flexibility index (Phi) is 4.51. The summed E-state index contributed by atoms with van der Waals surface area (Å²) in [5.74, 6) is 0.0819. The van der Waals surface area contributed by atoms with Crippen LogP contribution in [-0.4, -0.2) is 49.3 Å². The topological polar surface area (TPSA) is 83.6 Å². The molecule has 0 saturated carbocycles. The van der Waals surface area contributed by atoms with Crippen molar-refractivity contribution >= 4 is 10.0 Å². The molecule has 5 nitrogen and oxygen atoms in total. The summed E-state index contributed by atoms with van der Waals surface area (Å²) in [6, 6.07) is 0. The molecule has 0 spiro atoms. The van der Waals surface area contributed by atoms with Gasteiger partial charge in [-0.1, -0.05) is 0 Å². The van der Waals surface area contributed by atoms with Crippen LogP contribution in [0.25, 0.3) is 0 Å². The largest absolute Gasteiger partial charge is 0.396 e. The van der Waals surface area contributed by atoms with Crippen LogP contribution in [0.15, 0.2) is 0 Å². The maximum Gasteiger partial charge on any atom is 0.217 e. The molecule has 0 aliphatic carbocycles. The van der Waals surface area contributed by atoms with Crippen molar-refractivity contribution in [2.24, 2.45) is 11.7 Å². The highest BCUT2D eigenvalue weighted by Crippen LogP contribution is 2.20. The van der Waals surface area contributed by atoms with Crippen LogP contribution in [0.4, 0.5) is 0 Å². The summed E-state index contributed by atoms with van der Waals surface area (Å²) in [5.41, 5.74) is 5.38. The van der Waals surface area contributed by atoms with E-state index in [-0.39, 0.29) is 19.1 Å². The number of piperidine rings is 1. The molecule has 1 aliphatic heterocycles. The van der Waals surface area contributed by atoms with Crippen molar-refractivity contribution < 1.29 is 13.5 Å². The van der Waals surface area contributed by atoms with Gasteiger partial charge in [0.1, 0.15) is 0 Å². The lowest BCUT2D eigenvalue weighted by atomic mass is 10.0. The fraction of sp³-hybridized carbons (Fsp3) is 1.00. The average molecular weight is 236 g/mol. The van der Waals surface area contributed by atoms with E-state index in [0.29, 0.717) is 13.1 Å². The second kappa shape index (κ2) is 5.25. The first kappa shape index (κ1) is 12.9. The zero-order valence-corrected chi connectivity index (χ0v) is 9.91. The molecular formula is C9H20N2O3S. The molecule has 1 aliphatic rings. The molecule has 15 heavy (non-hydrogen) atoms. The maximum atomic E-state index is 11.9. The third-order valence-electron chi connectivity index (χ3n) is 2.94. The first-order valence-corrected chi connectivity index (χ1v) is 6.82. The maximum absolute atomic E-state index is 11.9. The fourth-order valence-corrected chi connectivity index (χ4v) is 3.34. The van der Waals surface area contributed by atoms with E-state index >= 15 is 0 Å². The highest BCUT2D eigenvalue weighted by Gasteiger charge is 2.31. The second-order valence-electron chi connectivity index (χ2n) is 4.14. The molecule has 0 bridgehead atoms. The van der Waals surface area contributed by atoms with Gasteiger partial charge < -0.3 is 10.8 Å². The fourth-order valence-electron chi connectivity index (χ4n) is 1.78. The second-order valence-corrected chi connectivity index (χ2v) is 6.49. The number of hydrogen-bond acceptors (Lipinski definition) is 4. The molecule has 90 valence electrons. The summed E-state index contributed by atoms with van der Waals surface area (Å²) in [4.78, 5) is 0. The molecule has 0 radical (unpaired) electrons. The van der Waals surface area contributed by atoms with Crippen LogP contribution in [0, 0.1) is 5.92 Å². The van der Waals surface area contributed by atoms with E-state index in [1.807, 2.05) is 0 Å². The van der Waals surface area contributed by atoms with Crippen LogP contribution in [0.1, 0.15) is 19.8 Å². The van der Waals surface area contributed by atoms with Crippen molar-refractivity contribution in [2.45, 2.75) is 25.0 Å². The number of hydrogen-bond donors (Lipinski definition) is 2. The summed E-state index contributed by atoms with van der Waals surface area (Å²) in [5, 5.41) is 8.49. The van der Waals surface area contributed by atoms with Crippen LogP contribution < -0.4 is 5.73 Å². The average Bonchev–Trinajstić information content (AvgIpc) is 2.27. The number of aliphatic hydroxyl groups is 1. The third kappa shape index (κ3) is 2.90. The van der Waals surface area contributed by atoms with Gasteiger partial charge in [-0.05, 0) is 25.7 Å². The van der Waals surface area contributed by atoms with E-state index in [1.54, 1.807) is 6.92 Å². The minimum atomic E-state index is -3.26. The minimum Gasteiger partial charge on any atom is -0.396 e. The molecule has 2 unspecified atom stereocenters. The standard InChI is InChI=1S/C9H20N2O3S/c1-8(5-10)15(13,14)11-4-2-3-9(6-11)7-12/h8-9,12H,2-7,10H2,1H3. The van der Waals surface area contributed by atoms with Crippen LogP contribution >= 0.6 is 0 Å². The van der Waals surface area contributed by atoms with Crippen molar-refractivity contribution in [3.63, 3.8) is 0 Å². The minimum absolute atomic E-state index is 0.0586. The van der Waals surface area contributed by atoms with Crippen LogP contribution in [0.5, 0.6) is 0 Å². The normalized spacial score (nSPS) is 26.5. The summed E-state index contributed by atoms with van der Waals surface area (Å²) >= 11 is 0. The van der Waals surface area contributed by atoms with Gasteiger partial charge in [0, 0.05) is 26.2 Å². The van der Waals surface area contributed by atoms with Crippen molar-refractivity contribution in [2.75, 3.05) is 26.2 Å². The van der Waals surface area contributed by atoms with Gasteiger partial charge in [0.05, 0.1) is 5.25 Å². The van der Waals surface area contributed by atoms with Gasteiger partial charge >= 0.3 is 0 Å². The Bertz CT molecular complexity index is 292. The molecule has 0 aromatic carbocycles. The highest BCUT2D eigenvalue weighted by molar-refractivity contribution is 7.89. The Morgan fingerprint density at radius 2 is 2.27 bits per heavy atom. The molecular weight excluding hydrogens is 216 g/mol. The van der Waals surface area contributed by atoms with Crippen molar-refractivity contribution in [3.05, 3.63) is 0 Å². The summed E-state index contributed by atoms with van der Waals surface area (Å²) < 4.78 is 25.4. The predicted octanol–water partition coefficient (Wildman–Crippen LogP) is -0.632. The number of rotatable bonds is 4. The van der Waals surface area contributed by atoms with Gasteiger partial charge in [-0.25, -0.2) is 12.7 Å². The van der Waals surface area contributed by atoms with E-state index in [0.717, 1.165) is 12.8 Å². The van der Waals surface area contributed by atoms with Gasteiger partial charge in [-0.2, -0.15) is 0 Å². The van der Waals surface area contributed by atoms with Crippen molar-refractivity contribution in [1.82, 2.24) is 4.31 Å². The van der Waals surface area contributed by atoms with Crippen LogP contribution in [0.3, 0.4) is 0 Å². The van der Waals surface area contributed by atoms with Gasteiger partial charge in [-0.3, -0.25) is 0 Å². The SMILES string of the molecule is CC(CN)S(=O)(=O)N1CCCC(CO)C1. The van der Waals surface area contributed by atoms with Crippen LogP contribution in [-0.2, 0) is 10.0 Å². The molecule has 6 heteroatoms. The number of aliphatic hydroxyl groups excluding tert-OH is 1. The Labute approximate surface area is 91.3 Å².